The van der Waals surface area contributed by atoms with Crippen molar-refractivity contribution in [1.29, 1.82) is 0 Å². The standard InChI is InChI=1S/C18H17F4N3O2/c19-11-9-23-17(24-10-11)27-13-7-5-12(6-8-13)25-16(26)14-3-1-2-4-15(14)18(20,21)22/h1-4,9-10,12-13H,5-8H2,(H,25,26). The molecule has 5 nitrogen and oxygen atoms in total. The smallest absolute Gasteiger partial charge is 0.417 e. The van der Waals surface area contributed by atoms with E-state index in [2.05, 4.69) is 15.3 Å². The molecular weight excluding hydrogens is 366 g/mol. The molecule has 0 spiro atoms. The van der Waals surface area contributed by atoms with Crippen molar-refractivity contribution >= 4 is 5.91 Å². The first-order chi connectivity index (χ1) is 12.8. The molecule has 1 saturated carbocycles. The van der Waals surface area contributed by atoms with Crippen molar-refractivity contribution in [1.82, 2.24) is 15.3 Å². The fourth-order valence-electron chi connectivity index (χ4n) is 3.03. The number of alkyl halides is 3. The van der Waals surface area contributed by atoms with Crippen LogP contribution in [0.1, 0.15) is 41.6 Å². The van der Waals surface area contributed by atoms with Crippen LogP contribution in [0.25, 0.3) is 0 Å². The van der Waals surface area contributed by atoms with Gasteiger partial charge in [-0.05, 0) is 37.8 Å². The Balaban J connectivity index is 1.55. The maximum Gasteiger partial charge on any atom is 0.417 e. The predicted molar refractivity (Wildman–Crippen MR) is 87.6 cm³/mol. The van der Waals surface area contributed by atoms with Crippen molar-refractivity contribution < 1.29 is 27.1 Å². The quantitative estimate of drug-likeness (QED) is 0.817. The summed E-state index contributed by atoms with van der Waals surface area (Å²) in [5.74, 6) is -1.30. The maximum atomic E-state index is 13.0. The number of hydrogen-bond acceptors (Lipinski definition) is 4. The minimum absolute atomic E-state index is 0.0722. The zero-order valence-corrected chi connectivity index (χ0v) is 14.2. The van der Waals surface area contributed by atoms with Gasteiger partial charge in [0.15, 0.2) is 5.82 Å². The second-order valence-corrected chi connectivity index (χ2v) is 6.29. The molecule has 27 heavy (non-hydrogen) atoms. The third-order valence-corrected chi connectivity index (χ3v) is 4.36. The van der Waals surface area contributed by atoms with Gasteiger partial charge in [-0.2, -0.15) is 13.2 Å². The molecule has 1 aliphatic rings. The highest BCUT2D eigenvalue weighted by Crippen LogP contribution is 2.32. The van der Waals surface area contributed by atoms with E-state index < -0.39 is 23.5 Å². The minimum Gasteiger partial charge on any atom is -0.460 e. The fourth-order valence-corrected chi connectivity index (χ4v) is 3.03. The Kier molecular flexibility index (Phi) is 5.57. The normalized spacial score (nSPS) is 20.1. The third kappa shape index (κ3) is 4.93. The number of nitrogens with one attached hydrogen (secondary N) is 1. The van der Waals surface area contributed by atoms with E-state index in [1.807, 2.05) is 0 Å². The average Bonchev–Trinajstić information content (AvgIpc) is 2.64. The summed E-state index contributed by atoms with van der Waals surface area (Å²) >= 11 is 0. The first-order valence-electron chi connectivity index (χ1n) is 8.44. The molecule has 1 amide bonds. The number of amides is 1. The Morgan fingerprint density at radius 1 is 1.07 bits per heavy atom. The number of carbonyl (C=O) groups is 1. The van der Waals surface area contributed by atoms with E-state index in [9.17, 15) is 22.4 Å². The molecule has 0 radical (unpaired) electrons. The van der Waals surface area contributed by atoms with Crippen LogP contribution in [0.15, 0.2) is 36.7 Å². The van der Waals surface area contributed by atoms with Gasteiger partial charge in [-0.15, -0.1) is 0 Å². The van der Waals surface area contributed by atoms with Crippen molar-refractivity contribution in [2.75, 3.05) is 0 Å². The lowest BCUT2D eigenvalue weighted by molar-refractivity contribution is -0.137. The van der Waals surface area contributed by atoms with Crippen LogP contribution < -0.4 is 10.1 Å². The topological polar surface area (TPSA) is 64.1 Å². The van der Waals surface area contributed by atoms with Gasteiger partial charge in [0, 0.05) is 6.04 Å². The highest BCUT2D eigenvalue weighted by molar-refractivity contribution is 5.96. The van der Waals surface area contributed by atoms with Crippen molar-refractivity contribution in [2.45, 2.75) is 44.0 Å². The van der Waals surface area contributed by atoms with Crippen molar-refractivity contribution in [3.8, 4) is 6.01 Å². The van der Waals surface area contributed by atoms with Crippen LogP contribution in [-0.2, 0) is 6.18 Å². The maximum absolute atomic E-state index is 13.0. The zero-order valence-electron chi connectivity index (χ0n) is 14.2. The highest BCUT2D eigenvalue weighted by atomic mass is 19.4. The molecule has 1 aromatic carbocycles. The van der Waals surface area contributed by atoms with Gasteiger partial charge in [0.05, 0.1) is 23.5 Å². The Labute approximate surface area is 152 Å². The Morgan fingerprint density at radius 3 is 2.33 bits per heavy atom. The number of ether oxygens (including phenoxy) is 1. The number of rotatable bonds is 4. The predicted octanol–water partition coefficient (Wildman–Crippen LogP) is 3.75. The molecule has 2 aromatic rings. The molecule has 1 heterocycles. The van der Waals surface area contributed by atoms with Crippen LogP contribution in [0, 0.1) is 5.82 Å². The molecule has 3 rings (SSSR count). The van der Waals surface area contributed by atoms with Gasteiger partial charge in [-0.1, -0.05) is 12.1 Å². The number of hydrogen-bond donors (Lipinski definition) is 1. The summed E-state index contributed by atoms with van der Waals surface area (Å²) in [6.07, 6.45) is -0.518. The van der Waals surface area contributed by atoms with E-state index in [1.165, 1.54) is 18.2 Å². The summed E-state index contributed by atoms with van der Waals surface area (Å²) in [5.41, 5.74) is -1.34. The molecular formula is C18H17F4N3O2. The van der Waals surface area contributed by atoms with Gasteiger partial charge in [0.25, 0.3) is 5.91 Å². The lowest BCUT2D eigenvalue weighted by Gasteiger charge is -2.29. The second kappa shape index (κ2) is 7.89. The summed E-state index contributed by atoms with van der Waals surface area (Å²) in [7, 11) is 0. The molecule has 9 heteroatoms. The first-order valence-corrected chi connectivity index (χ1v) is 8.44. The minimum atomic E-state index is -4.59. The molecule has 0 bridgehead atoms. The van der Waals surface area contributed by atoms with E-state index >= 15 is 0 Å². The Morgan fingerprint density at radius 2 is 1.70 bits per heavy atom. The Hall–Kier alpha value is -2.71. The largest absolute Gasteiger partial charge is 0.460 e. The van der Waals surface area contributed by atoms with E-state index in [4.69, 9.17) is 4.74 Å². The van der Waals surface area contributed by atoms with Crippen LogP contribution in [0.3, 0.4) is 0 Å². The van der Waals surface area contributed by atoms with Gasteiger partial charge >= 0.3 is 12.2 Å². The summed E-state index contributed by atoms with van der Waals surface area (Å²) in [6.45, 7) is 0. The summed E-state index contributed by atoms with van der Waals surface area (Å²) in [4.78, 5) is 19.7. The highest BCUT2D eigenvalue weighted by Gasteiger charge is 2.35. The van der Waals surface area contributed by atoms with E-state index in [0.29, 0.717) is 25.7 Å². The molecule has 0 saturated heterocycles. The van der Waals surface area contributed by atoms with Crippen LogP contribution in [0.4, 0.5) is 17.6 Å². The number of halogens is 4. The number of carbonyl (C=O) groups excluding carboxylic acids is 1. The molecule has 1 N–H and O–H groups in total. The van der Waals surface area contributed by atoms with Gasteiger partial charge in [0.2, 0.25) is 0 Å². The monoisotopic (exact) mass is 383 g/mol. The van der Waals surface area contributed by atoms with Crippen LogP contribution in [0.5, 0.6) is 6.01 Å². The lowest BCUT2D eigenvalue weighted by atomic mass is 9.92. The fraction of sp³-hybridized carbons (Fsp3) is 0.389. The van der Waals surface area contributed by atoms with Crippen molar-refractivity contribution in [3.63, 3.8) is 0 Å². The third-order valence-electron chi connectivity index (χ3n) is 4.36. The van der Waals surface area contributed by atoms with Crippen LogP contribution in [-0.4, -0.2) is 28.0 Å². The Bertz CT molecular complexity index is 788. The molecule has 1 fully saturated rings. The summed E-state index contributed by atoms with van der Waals surface area (Å²) in [6, 6.07) is 4.54. The van der Waals surface area contributed by atoms with E-state index in [0.717, 1.165) is 18.5 Å². The van der Waals surface area contributed by atoms with Crippen LogP contribution >= 0.6 is 0 Å². The second-order valence-electron chi connectivity index (χ2n) is 6.29. The van der Waals surface area contributed by atoms with Crippen LogP contribution in [0.2, 0.25) is 0 Å². The molecule has 0 atom stereocenters. The van der Waals surface area contributed by atoms with Gasteiger partial charge in [-0.3, -0.25) is 4.79 Å². The average molecular weight is 383 g/mol. The number of nitrogens with zero attached hydrogens (tertiary/aromatic N) is 2. The van der Waals surface area contributed by atoms with Crippen molar-refractivity contribution in [3.05, 3.63) is 53.6 Å². The lowest BCUT2D eigenvalue weighted by Crippen LogP contribution is -2.40. The molecule has 1 aromatic heterocycles. The summed E-state index contributed by atoms with van der Waals surface area (Å²) < 4.78 is 57.5. The number of aromatic nitrogens is 2. The molecule has 0 unspecified atom stereocenters. The molecule has 1 aliphatic carbocycles. The first kappa shape index (κ1) is 19.1. The number of benzene rings is 1. The van der Waals surface area contributed by atoms with Gasteiger partial charge < -0.3 is 10.1 Å². The molecule has 144 valence electrons. The van der Waals surface area contributed by atoms with E-state index in [-0.39, 0.29) is 23.7 Å². The van der Waals surface area contributed by atoms with Gasteiger partial charge in [0.1, 0.15) is 6.10 Å². The van der Waals surface area contributed by atoms with E-state index in [1.54, 1.807) is 0 Å². The molecule has 0 aliphatic heterocycles. The zero-order chi connectivity index (χ0) is 19.4. The summed E-state index contributed by atoms with van der Waals surface area (Å²) in [5, 5.41) is 2.66. The van der Waals surface area contributed by atoms with Crippen molar-refractivity contribution in [2.24, 2.45) is 0 Å². The van der Waals surface area contributed by atoms with Gasteiger partial charge in [-0.25, -0.2) is 14.4 Å². The SMILES string of the molecule is O=C(NC1CCC(Oc2ncc(F)cn2)CC1)c1ccccc1C(F)(F)F.